The van der Waals surface area contributed by atoms with Crippen molar-refractivity contribution in [2.24, 2.45) is 0 Å². The molecule has 122 valence electrons. The van der Waals surface area contributed by atoms with Gasteiger partial charge in [-0.3, -0.25) is 4.79 Å². The summed E-state index contributed by atoms with van der Waals surface area (Å²) >= 11 is 3.37. The topological polar surface area (TPSA) is 50.5 Å². The van der Waals surface area contributed by atoms with Crippen molar-refractivity contribution in [3.05, 3.63) is 64.0 Å². The highest BCUT2D eigenvalue weighted by atomic mass is 79.9. The Kier molecular flexibility index (Phi) is 3.64. The molecular formula is C18H17BrN4O. The van der Waals surface area contributed by atoms with Crippen LogP contribution >= 0.6 is 15.9 Å². The number of aromatic nitrogens is 3. The Morgan fingerprint density at radius 2 is 2.00 bits per heavy atom. The first-order chi connectivity index (χ1) is 11.5. The van der Waals surface area contributed by atoms with Crippen LogP contribution in [0.3, 0.4) is 0 Å². The van der Waals surface area contributed by atoms with Gasteiger partial charge in [-0.05, 0) is 39.9 Å². The zero-order valence-electron chi connectivity index (χ0n) is 13.5. The number of hydrogen-bond acceptors (Lipinski definition) is 3. The molecule has 1 amide bonds. The minimum absolute atomic E-state index is 0.0365. The Hall–Kier alpha value is -2.21. The summed E-state index contributed by atoms with van der Waals surface area (Å²) in [5.74, 6) is 0.260. The standard InChI is InChI=1S/C18H17BrN4O/c1-11-9-22(12(2)15-6-4-3-5-14(11)15)18(24)16-7-17-20-8-13(19)10-23(17)21-16/h3-8,10-12H,9H2,1-2H3. The highest BCUT2D eigenvalue weighted by Gasteiger charge is 2.32. The van der Waals surface area contributed by atoms with Crippen molar-refractivity contribution in [3.63, 3.8) is 0 Å². The summed E-state index contributed by atoms with van der Waals surface area (Å²) in [4.78, 5) is 19.2. The molecule has 0 saturated heterocycles. The van der Waals surface area contributed by atoms with Gasteiger partial charge in [-0.1, -0.05) is 31.2 Å². The van der Waals surface area contributed by atoms with Crippen LogP contribution in [0.2, 0.25) is 0 Å². The van der Waals surface area contributed by atoms with Crippen molar-refractivity contribution >= 4 is 27.5 Å². The Labute approximate surface area is 148 Å². The lowest BCUT2D eigenvalue weighted by molar-refractivity contribution is 0.0653. The first-order valence-corrected chi connectivity index (χ1v) is 8.74. The molecule has 2 unspecified atom stereocenters. The summed E-state index contributed by atoms with van der Waals surface area (Å²) in [6.07, 6.45) is 3.50. The number of rotatable bonds is 1. The van der Waals surface area contributed by atoms with Crippen LogP contribution in [0, 0.1) is 0 Å². The molecule has 24 heavy (non-hydrogen) atoms. The van der Waals surface area contributed by atoms with Crippen LogP contribution in [0.5, 0.6) is 0 Å². The van der Waals surface area contributed by atoms with Crippen molar-refractivity contribution in [1.82, 2.24) is 19.5 Å². The summed E-state index contributed by atoms with van der Waals surface area (Å²) in [6.45, 7) is 4.93. The highest BCUT2D eigenvalue weighted by Crippen LogP contribution is 2.36. The molecule has 2 atom stereocenters. The molecule has 0 spiro atoms. The second-order valence-electron chi connectivity index (χ2n) is 6.27. The van der Waals surface area contributed by atoms with Gasteiger partial charge in [0.1, 0.15) is 0 Å². The van der Waals surface area contributed by atoms with E-state index in [1.54, 1.807) is 23.0 Å². The van der Waals surface area contributed by atoms with E-state index in [1.165, 1.54) is 11.1 Å². The van der Waals surface area contributed by atoms with E-state index in [0.717, 1.165) is 4.47 Å². The number of fused-ring (bicyclic) bond motifs is 2. The molecule has 0 radical (unpaired) electrons. The van der Waals surface area contributed by atoms with E-state index >= 15 is 0 Å². The van der Waals surface area contributed by atoms with Gasteiger partial charge in [0.05, 0.1) is 10.5 Å². The summed E-state index contributed by atoms with van der Waals surface area (Å²) in [5, 5.41) is 4.40. The number of nitrogens with zero attached hydrogens (tertiary/aromatic N) is 4. The van der Waals surface area contributed by atoms with Crippen LogP contribution in [-0.2, 0) is 0 Å². The van der Waals surface area contributed by atoms with E-state index in [0.29, 0.717) is 23.8 Å². The third-order valence-electron chi connectivity index (χ3n) is 4.68. The predicted molar refractivity (Wildman–Crippen MR) is 95.0 cm³/mol. The van der Waals surface area contributed by atoms with Gasteiger partial charge in [0, 0.05) is 25.0 Å². The lowest BCUT2D eigenvalue weighted by Gasteiger charge is -2.38. The van der Waals surface area contributed by atoms with Gasteiger partial charge in [0.15, 0.2) is 11.3 Å². The summed E-state index contributed by atoms with van der Waals surface area (Å²) in [5.41, 5.74) is 3.64. The zero-order chi connectivity index (χ0) is 16.8. The van der Waals surface area contributed by atoms with E-state index < -0.39 is 0 Å². The average Bonchev–Trinajstić information content (AvgIpc) is 3.00. The molecule has 3 aromatic rings. The maximum atomic E-state index is 13.0. The fourth-order valence-electron chi connectivity index (χ4n) is 3.42. The fourth-order valence-corrected chi connectivity index (χ4v) is 3.72. The van der Waals surface area contributed by atoms with Crippen molar-refractivity contribution in [2.45, 2.75) is 25.8 Å². The summed E-state index contributed by atoms with van der Waals surface area (Å²) in [6, 6.07) is 10.1. The highest BCUT2D eigenvalue weighted by molar-refractivity contribution is 9.10. The second kappa shape index (κ2) is 5.70. The van der Waals surface area contributed by atoms with Crippen LogP contribution in [0.4, 0.5) is 0 Å². The van der Waals surface area contributed by atoms with Crippen molar-refractivity contribution in [3.8, 4) is 0 Å². The normalized spacial score (nSPS) is 20.2. The van der Waals surface area contributed by atoms with Gasteiger partial charge in [-0.2, -0.15) is 5.10 Å². The zero-order valence-corrected chi connectivity index (χ0v) is 15.1. The van der Waals surface area contributed by atoms with Crippen molar-refractivity contribution in [2.75, 3.05) is 6.54 Å². The van der Waals surface area contributed by atoms with E-state index in [2.05, 4.69) is 58.1 Å². The van der Waals surface area contributed by atoms with Gasteiger partial charge in [0.2, 0.25) is 0 Å². The Balaban J connectivity index is 1.71. The maximum Gasteiger partial charge on any atom is 0.274 e. The maximum absolute atomic E-state index is 13.0. The minimum atomic E-state index is -0.0505. The molecule has 5 nitrogen and oxygen atoms in total. The fraction of sp³-hybridized carbons (Fsp3) is 0.278. The molecule has 1 aliphatic heterocycles. The molecule has 6 heteroatoms. The van der Waals surface area contributed by atoms with Gasteiger partial charge in [-0.15, -0.1) is 0 Å². The molecule has 2 aromatic heterocycles. The van der Waals surface area contributed by atoms with Crippen molar-refractivity contribution < 1.29 is 4.79 Å². The van der Waals surface area contributed by atoms with Crippen LogP contribution < -0.4 is 0 Å². The van der Waals surface area contributed by atoms with Gasteiger partial charge in [-0.25, -0.2) is 9.50 Å². The lowest BCUT2D eigenvalue weighted by Crippen LogP contribution is -2.40. The van der Waals surface area contributed by atoms with E-state index in [-0.39, 0.29) is 11.9 Å². The van der Waals surface area contributed by atoms with Crippen molar-refractivity contribution in [1.29, 1.82) is 0 Å². The molecule has 1 aromatic carbocycles. The average molecular weight is 385 g/mol. The number of benzene rings is 1. The Morgan fingerprint density at radius 1 is 1.25 bits per heavy atom. The third-order valence-corrected chi connectivity index (χ3v) is 5.09. The largest absolute Gasteiger partial charge is 0.330 e. The number of carbonyl (C=O) groups is 1. The molecule has 4 rings (SSSR count). The molecule has 0 bridgehead atoms. The first-order valence-electron chi connectivity index (χ1n) is 7.95. The van der Waals surface area contributed by atoms with E-state index in [9.17, 15) is 4.79 Å². The van der Waals surface area contributed by atoms with Crippen LogP contribution in [-0.4, -0.2) is 31.9 Å². The molecule has 1 aliphatic rings. The summed E-state index contributed by atoms with van der Waals surface area (Å²) < 4.78 is 2.45. The molecule has 0 aliphatic carbocycles. The predicted octanol–water partition coefficient (Wildman–Crippen LogP) is 3.81. The Bertz CT molecular complexity index is 936. The summed E-state index contributed by atoms with van der Waals surface area (Å²) in [7, 11) is 0. The minimum Gasteiger partial charge on any atom is -0.330 e. The second-order valence-corrected chi connectivity index (χ2v) is 7.18. The first kappa shape index (κ1) is 15.3. The quantitative estimate of drug-likeness (QED) is 0.640. The number of amides is 1. The van der Waals surface area contributed by atoms with Crippen LogP contribution in [0.1, 0.15) is 47.4 Å². The molecule has 0 N–H and O–H groups in total. The monoisotopic (exact) mass is 384 g/mol. The van der Waals surface area contributed by atoms with Gasteiger partial charge >= 0.3 is 0 Å². The lowest BCUT2D eigenvalue weighted by atomic mass is 9.86. The van der Waals surface area contributed by atoms with E-state index in [1.807, 2.05) is 11.0 Å². The van der Waals surface area contributed by atoms with Gasteiger partial charge < -0.3 is 4.90 Å². The molecule has 0 fully saturated rings. The molecular weight excluding hydrogens is 368 g/mol. The van der Waals surface area contributed by atoms with Crippen LogP contribution in [0.25, 0.3) is 5.65 Å². The van der Waals surface area contributed by atoms with Crippen LogP contribution in [0.15, 0.2) is 47.2 Å². The molecule has 0 saturated carbocycles. The SMILES string of the molecule is CC1CN(C(=O)c2cc3ncc(Br)cn3n2)C(C)c2ccccc21. The smallest absolute Gasteiger partial charge is 0.274 e. The number of carbonyl (C=O) groups excluding carboxylic acids is 1. The Morgan fingerprint density at radius 3 is 2.79 bits per heavy atom. The number of hydrogen-bond donors (Lipinski definition) is 0. The number of halogens is 1. The van der Waals surface area contributed by atoms with Gasteiger partial charge in [0.25, 0.3) is 5.91 Å². The van der Waals surface area contributed by atoms with E-state index in [4.69, 9.17) is 0 Å². The third kappa shape index (κ3) is 2.41. The molecule has 3 heterocycles.